The number of carbonyl (C=O) groups is 1. The van der Waals surface area contributed by atoms with Crippen LogP contribution in [0.15, 0.2) is 40.8 Å². The summed E-state index contributed by atoms with van der Waals surface area (Å²) in [5.41, 5.74) is 2.63. The van der Waals surface area contributed by atoms with Crippen molar-refractivity contribution < 1.29 is 13.9 Å². The van der Waals surface area contributed by atoms with Gasteiger partial charge in [-0.25, -0.2) is 4.79 Å². The van der Waals surface area contributed by atoms with Crippen molar-refractivity contribution in [2.75, 3.05) is 18.6 Å². The Morgan fingerprint density at radius 2 is 2.10 bits per heavy atom. The molecule has 0 amide bonds. The predicted molar refractivity (Wildman–Crippen MR) is 80.6 cm³/mol. The molecule has 0 saturated heterocycles. The molecule has 2 aromatic rings. The Labute approximate surface area is 124 Å². The summed E-state index contributed by atoms with van der Waals surface area (Å²) in [6.45, 7) is 3.09. The summed E-state index contributed by atoms with van der Waals surface area (Å²) in [5.74, 6) is 0.601. The zero-order valence-corrected chi connectivity index (χ0v) is 12.3. The normalized spacial score (nSPS) is 15.4. The van der Waals surface area contributed by atoms with E-state index < -0.39 is 5.97 Å². The number of esters is 1. The van der Waals surface area contributed by atoms with Gasteiger partial charge in [-0.05, 0) is 43.5 Å². The van der Waals surface area contributed by atoms with Crippen LogP contribution >= 0.6 is 0 Å². The van der Waals surface area contributed by atoms with Crippen molar-refractivity contribution in [2.45, 2.75) is 25.8 Å². The number of hydrogen-bond acceptors (Lipinski definition) is 4. The number of furan rings is 1. The molecule has 1 aliphatic rings. The maximum absolute atomic E-state index is 11.5. The molecule has 1 aromatic carbocycles. The van der Waals surface area contributed by atoms with Crippen molar-refractivity contribution in [3.05, 3.63) is 53.5 Å². The maximum Gasteiger partial charge on any atom is 0.373 e. The van der Waals surface area contributed by atoms with Crippen LogP contribution in [0.4, 0.5) is 5.69 Å². The monoisotopic (exact) mass is 285 g/mol. The Morgan fingerprint density at radius 1 is 1.29 bits per heavy atom. The zero-order chi connectivity index (χ0) is 14.8. The molecule has 0 N–H and O–H groups in total. The van der Waals surface area contributed by atoms with Gasteiger partial charge in [0.05, 0.1) is 13.2 Å². The number of hydrogen-bond donors (Lipinski definition) is 0. The first-order valence-electron chi connectivity index (χ1n) is 7.23. The Kier molecular flexibility index (Phi) is 3.69. The predicted octanol–water partition coefficient (Wildman–Crippen LogP) is 3.58. The lowest BCUT2D eigenvalue weighted by Crippen LogP contribution is -2.31. The summed E-state index contributed by atoms with van der Waals surface area (Å²) in [5, 5.41) is 0. The van der Waals surface area contributed by atoms with E-state index in [1.807, 2.05) is 6.07 Å². The molecule has 0 spiro atoms. The SMILES string of the molecule is COC(=O)c1ccc(C(C)N2CCCc3ccccc32)o1. The topological polar surface area (TPSA) is 42.7 Å². The Morgan fingerprint density at radius 3 is 2.90 bits per heavy atom. The molecule has 4 heteroatoms. The van der Waals surface area contributed by atoms with Crippen LogP contribution in [0.25, 0.3) is 0 Å². The van der Waals surface area contributed by atoms with E-state index in [4.69, 9.17) is 4.42 Å². The Bertz CT molecular complexity index is 647. The van der Waals surface area contributed by atoms with Gasteiger partial charge in [0.15, 0.2) is 0 Å². The van der Waals surface area contributed by atoms with Gasteiger partial charge in [0.1, 0.15) is 5.76 Å². The number of ether oxygens (including phenoxy) is 1. The molecule has 0 radical (unpaired) electrons. The number of rotatable bonds is 3. The van der Waals surface area contributed by atoms with Gasteiger partial charge >= 0.3 is 5.97 Å². The van der Waals surface area contributed by atoms with Crippen LogP contribution in [0.2, 0.25) is 0 Å². The van der Waals surface area contributed by atoms with E-state index in [9.17, 15) is 4.79 Å². The average Bonchev–Trinajstić information content (AvgIpc) is 3.03. The summed E-state index contributed by atoms with van der Waals surface area (Å²) < 4.78 is 10.3. The third-order valence-corrected chi connectivity index (χ3v) is 4.04. The molecule has 4 nitrogen and oxygen atoms in total. The second kappa shape index (κ2) is 5.64. The quantitative estimate of drug-likeness (QED) is 0.808. The maximum atomic E-state index is 11.5. The lowest BCUT2D eigenvalue weighted by Gasteiger charge is -2.35. The van der Waals surface area contributed by atoms with Gasteiger partial charge in [-0.3, -0.25) is 0 Å². The van der Waals surface area contributed by atoms with Crippen LogP contribution < -0.4 is 4.90 Å². The number of fused-ring (bicyclic) bond motifs is 1. The van der Waals surface area contributed by atoms with Crippen molar-refractivity contribution in [2.24, 2.45) is 0 Å². The number of aryl methyl sites for hydroxylation is 1. The van der Waals surface area contributed by atoms with E-state index in [1.165, 1.54) is 18.4 Å². The van der Waals surface area contributed by atoms with Gasteiger partial charge < -0.3 is 14.1 Å². The lowest BCUT2D eigenvalue weighted by molar-refractivity contribution is 0.0562. The second-order valence-electron chi connectivity index (χ2n) is 5.30. The minimum absolute atomic E-state index is 0.0878. The average molecular weight is 285 g/mol. The molecule has 1 unspecified atom stereocenters. The highest BCUT2D eigenvalue weighted by Crippen LogP contribution is 2.34. The minimum atomic E-state index is -0.438. The van der Waals surface area contributed by atoms with Crippen molar-refractivity contribution >= 4 is 11.7 Å². The molecular formula is C17H19NO3. The highest BCUT2D eigenvalue weighted by Gasteiger charge is 2.25. The first-order chi connectivity index (χ1) is 10.2. The highest BCUT2D eigenvalue weighted by molar-refractivity contribution is 5.86. The van der Waals surface area contributed by atoms with Crippen LogP contribution in [0.5, 0.6) is 0 Å². The standard InChI is InChI=1S/C17H19NO3/c1-12(15-9-10-16(21-15)17(19)20-2)18-11-5-7-13-6-3-4-8-14(13)18/h3-4,6,8-10,12H,5,7,11H2,1-2H3. The fourth-order valence-corrected chi connectivity index (χ4v) is 2.91. The first kappa shape index (κ1) is 13.7. The third-order valence-electron chi connectivity index (χ3n) is 4.04. The second-order valence-corrected chi connectivity index (χ2v) is 5.30. The third kappa shape index (κ3) is 2.53. The molecule has 0 bridgehead atoms. The molecule has 1 atom stereocenters. The van der Waals surface area contributed by atoms with E-state index >= 15 is 0 Å². The molecular weight excluding hydrogens is 266 g/mol. The Balaban J connectivity index is 1.87. The van der Waals surface area contributed by atoms with E-state index in [2.05, 4.69) is 40.8 Å². The van der Waals surface area contributed by atoms with Gasteiger partial charge in [-0.2, -0.15) is 0 Å². The zero-order valence-electron chi connectivity index (χ0n) is 12.3. The van der Waals surface area contributed by atoms with Crippen LogP contribution in [0, 0.1) is 0 Å². The highest BCUT2D eigenvalue weighted by atomic mass is 16.5. The number of benzene rings is 1. The first-order valence-corrected chi connectivity index (χ1v) is 7.23. The molecule has 0 saturated carbocycles. The number of nitrogens with zero attached hydrogens (tertiary/aromatic N) is 1. The summed E-state index contributed by atoms with van der Waals surface area (Å²) in [7, 11) is 1.36. The van der Waals surface area contributed by atoms with Gasteiger partial charge in [0.25, 0.3) is 0 Å². The van der Waals surface area contributed by atoms with E-state index in [0.717, 1.165) is 25.1 Å². The molecule has 3 rings (SSSR count). The largest absolute Gasteiger partial charge is 0.463 e. The number of methoxy groups -OCH3 is 1. The molecule has 2 heterocycles. The summed E-state index contributed by atoms with van der Waals surface area (Å²) in [4.78, 5) is 13.8. The summed E-state index contributed by atoms with van der Waals surface area (Å²) >= 11 is 0. The van der Waals surface area contributed by atoms with Gasteiger partial charge in [-0.15, -0.1) is 0 Å². The van der Waals surface area contributed by atoms with E-state index in [-0.39, 0.29) is 11.8 Å². The van der Waals surface area contributed by atoms with Gasteiger partial charge in [0, 0.05) is 12.2 Å². The fraction of sp³-hybridized carbons (Fsp3) is 0.353. The van der Waals surface area contributed by atoms with Crippen molar-refractivity contribution in [1.82, 2.24) is 0 Å². The lowest BCUT2D eigenvalue weighted by atomic mass is 10.00. The van der Waals surface area contributed by atoms with Crippen molar-refractivity contribution in [3.63, 3.8) is 0 Å². The Hall–Kier alpha value is -2.23. The van der Waals surface area contributed by atoms with Crippen LogP contribution in [0.1, 0.15) is 41.3 Å². The van der Waals surface area contributed by atoms with Crippen molar-refractivity contribution in [1.29, 1.82) is 0 Å². The van der Waals surface area contributed by atoms with Crippen molar-refractivity contribution in [3.8, 4) is 0 Å². The van der Waals surface area contributed by atoms with Crippen LogP contribution in [0.3, 0.4) is 0 Å². The van der Waals surface area contributed by atoms with Gasteiger partial charge in [-0.1, -0.05) is 18.2 Å². The molecule has 21 heavy (non-hydrogen) atoms. The fourth-order valence-electron chi connectivity index (χ4n) is 2.91. The molecule has 0 fully saturated rings. The van der Waals surface area contributed by atoms with Crippen LogP contribution in [-0.4, -0.2) is 19.6 Å². The molecule has 1 aliphatic heterocycles. The molecule has 110 valence electrons. The van der Waals surface area contributed by atoms with E-state index in [0.29, 0.717) is 0 Å². The molecule has 1 aromatic heterocycles. The summed E-state index contributed by atoms with van der Waals surface area (Å²) in [6.07, 6.45) is 2.25. The van der Waals surface area contributed by atoms with Crippen LogP contribution in [-0.2, 0) is 11.2 Å². The molecule has 0 aliphatic carbocycles. The van der Waals surface area contributed by atoms with Gasteiger partial charge in [0.2, 0.25) is 5.76 Å². The number of anilines is 1. The number of para-hydroxylation sites is 1. The number of carbonyl (C=O) groups excluding carboxylic acids is 1. The minimum Gasteiger partial charge on any atom is -0.463 e. The van der Waals surface area contributed by atoms with E-state index in [1.54, 1.807) is 6.07 Å². The summed E-state index contributed by atoms with van der Waals surface area (Å²) in [6, 6.07) is 12.1. The smallest absolute Gasteiger partial charge is 0.373 e.